The average molecular weight is 513 g/mol. The third-order valence-electron chi connectivity index (χ3n) is 3.25. The molecule has 16 nitrogen and oxygen atoms in total. The van der Waals surface area contributed by atoms with Gasteiger partial charge in [-0.2, -0.15) is 13.6 Å². The van der Waals surface area contributed by atoms with Crippen LogP contribution in [0, 0.1) is 0 Å². The van der Waals surface area contributed by atoms with Crippen molar-refractivity contribution < 1.29 is 60.6 Å². The monoisotopic (exact) mass is 513 g/mol. The van der Waals surface area contributed by atoms with Crippen LogP contribution in [0.3, 0.4) is 0 Å². The van der Waals surface area contributed by atoms with Gasteiger partial charge in [-0.1, -0.05) is 12.7 Å². The van der Waals surface area contributed by atoms with Crippen molar-refractivity contribution in [3.63, 3.8) is 0 Å². The van der Waals surface area contributed by atoms with Crippen LogP contribution in [0.4, 0.5) is 10.2 Å². The second-order valence-electron chi connectivity index (χ2n) is 5.62. The minimum Gasteiger partial charge on any atom is -0.383 e. The van der Waals surface area contributed by atoms with Crippen molar-refractivity contribution in [1.82, 2.24) is 9.55 Å². The fraction of sp³-hybridized carbons (Fsp3) is 0.455. The van der Waals surface area contributed by atoms with E-state index in [1.165, 1.54) is 13.0 Å². The highest BCUT2D eigenvalue weighted by atomic mass is 31.3. The van der Waals surface area contributed by atoms with E-state index < -0.39 is 54.0 Å². The molecule has 0 aliphatic heterocycles. The Hall–Kier alpha value is -1.32. The number of rotatable bonds is 12. The Morgan fingerprint density at radius 2 is 1.87 bits per heavy atom. The van der Waals surface area contributed by atoms with Gasteiger partial charge in [0, 0.05) is 6.20 Å². The molecular formula is C11H19FN3O13P3. The summed E-state index contributed by atoms with van der Waals surface area (Å²) in [5.41, 5.74) is 1.75. The minimum atomic E-state index is -5.83. The van der Waals surface area contributed by atoms with Crippen molar-refractivity contribution in [1.29, 1.82) is 0 Å². The van der Waals surface area contributed by atoms with E-state index in [0.717, 1.165) is 10.8 Å². The van der Waals surface area contributed by atoms with Crippen molar-refractivity contribution in [2.45, 2.75) is 25.1 Å². The number of hydrogen-bond donors (Lipinski definition) is 6. The second kappa shape index (κ2) is 10.1. The number of ether oxygens (including phenoxy) is 1. The number of nitrogens with two attached hydrogens (primary N) is 1. The summed E-state index contributed by atoms with van der Waals surface area (Å²) in [5.74, 6) is -0.137. The molecule has 2 unspecified atom stereocenters. The Morgan fingerprint density at radius 3 is 2.32 bits per heavy atom. The normalized spacial score (nSPS) is 20.1. The summed E-state index contributed by atoms with van der Waals surface area (Å²) >= 11 is 0. The molecule has 0 aromatic carbocycles. The van der Waals surface area contributed by atoms with Crippen molar-refractivity contribution in [2.75, 3.05) is 12.3 Å². The Balaban J connectivity index is 3.05. The van der Waals surface area contributed by atoms with Gasteiger partial charge >= 0.3 is 29.2 Å². The lowest BCUT2D eigenvalue weighted by Crippen LogP contribution is -2.47. The Morgan fingerprint density at radius 1 is 1.29 bits per heavy atom. The van der Waals surface area contributed by atoms with Crippen molar-refractivity contribution in [3.05, 3.63) is 35.4 Å². The number of halogens is 1. The topological polar surface area (TPSA) is 250 Å². The Labute approximate surface area is 173 Å². The van der Waals surface area contributed by atoms with Crippen LogP contribution in [-0.2, 0) is 31.6 Å². The third-order valence-corrected chi connectivity index (χ3v) is 7.03. The standard InChI is InChI=1S/C11H19FN3O13P3/c1-3-11(9(12)16,26-7(2)15-5-4-8(13)14-10(15)17)6-25-30(21,22)28-31(23,24)27-29(18,19)20/h3-5,7,9,16H,1,6H2,2H3,(H,21,22)(H,23,24)(H2,13,14,17)(H2,18,19,20)/t7-,9-,11-/m1/s1. The molecule has 1 aromatic heterocycles. The smallest absolute Gasteiger partial charge is 0.383 e. The summed E-state index contributed by atoms with van der Waals surface area (Å²) in [5, 5.41) is 9.44. The van der Waals surface area contributed by atoms with Gasteiger partial charge in [-0.25, -0.2) is 22.9 Å². The first-order valence-corrected chi connectivity index (χ1v) is 12.2. The number of aromatic nitrogens is 2. The number of nitrogen functional groups attached to an aromatic ring is 1. The van der Waals surface area contributed by atoms with Gasteiger partial charge < -0.3 is 35.2 Å². The van der Waals surface area contributed by atoms with E-state index in [-0.39, 0.29) is 5.82 Å². The number of nitrogens with zero attached hydrogens (tertiary/aromatic N) is 2. The zero-order valence-corrected chi connectivity index (χ0v) is 18.2. The van der Waals surface area contributed by atoms with E-state index >= 15 is 0 Å². The maximum Gasteiger partial charge on any atom is 0.490 e. The molecule has 0 bridgehead atoms. The molecule has 0 amide bonds. The largest absolute Gasteiger partial charge is 0.490 e. The van der Waals surface area contributed by atoms with Crippen molar-refractivity contribution in [3.8, 4) is 0 Å². The maximum atomic E-state index is 13.9. The highest BCUT2D eigenvalue weighted by Gasteiger charge is 2.45. The first kappa shape index (κ1) is 27.7. The zero-order valence-electron chi connectivity index (χ0n) is 15.5. The third kappa shape index (κ3) is 8.61. The molecule has 0 aliphatic carbocycles. The molecule has 0 saturated carbocycles. The van der Waals surface area contributed by atoms with Gasteiger partial charge in [-0.3, -0.25) is 9.09 Å². The first-order valence-electron chi connectivity index (χ1n) is 7.68. The molecular weight excluding hydrogens is 494 g/mol. The van der Waals surface area contributed by atoms with E-state index in [2.05, 4.69) is 24.7 Å². The number of hydrogen-bond acceptors (Lipinski definition) is 11. The van der Waals surface area contributed by atoms with Gasteiger partial charge in [0.05, 0.1) is 6.61 Å². The summed E-state index contributed by atoms with van der Waals surface area (Å²) < 4.78 is 65.0. The molecule has 0 saturated heterocycles. The Bertz CT molecular complexity index is 996. The Kier molecular flexibility index (Phi) is 9.02. The van der Waals surface area contributed by atoms with Gasteiger partial charge in [0.2, 0.25) is 6.36 Å². The summed E-state index contributed by atoms with van der Waals surface area (Å²) in [6.07, 6.45) is -2.68. The molecule has 0 spiro atoms. The lowest BCUT2D eigenvalue weighted by molar-refractivity contribution is -0.199. The summed E-state index contributed by atoms with van der Waals surface area (Å²) in [6, 6.07) is 1.19. The quantitative estimate of drug-likeness (QED) is 0.158. The number of phosphoric ester groups is 1. The summed E-state index contributed by atoms with van der Waals surface area (Å²) in [6.45, 7) is 2.97. The SMILES string of the molecule is C=C[C@](COP(=O)(O)OP(=O)(O)OP(=O)(O)O)(O[C@H](C)n1ccc(N)nc1=O)[C@@H](O)F. The van der Waals surface area contributed by atoms with Gasteiger partial charge in [0.25, 0.3) is 0 Å². The predicted octanol–water partition coefficient (Wildman–Crippen LogP) is -0.0834. The highest BCUT2D eigenvalue weighted by Crippen LogP contribution is 2.66. The van der Waals surface area contributed by atoms with E-state index in [4.69, 9.17) is 25.2 Å². The van der Waals surface area contributed by atoms with Crippen LogP contribution >= 0.6 is 23.5 Å². The first-order chi connectivity index (χ1) is 13.9. The molecule has 5 atom stereocenters. The molecule has 1 aromatic rings. The summed E-state index contributed by atoms with van der Waals surface area (Å²) in [4.78, 5) is 50.8. The van der Waals surface area contributed by atoms with Crippen LogP contribution in [0.15, 0.2) is 29.7 Å². The molecule has 1 rings (SSSR count). The number of aliphatic hydroxyl groups excluding tert-OH is 1. The lowest BCUT2D eigenvalue weighted by Gasteiger charge is -2.34. The fourth-order valence-corrected chi connectivity index (χ4v) is 4.99. The molecule has 0 aliphatic rings. The van der Waals surface area contributed by atoms with Crippen molar-refractivity contribution >= 4 is 29.3 Å². The van der Waals surface area contributed by atoms with Crippen LogP contribution in [0.25, 0.3) is 0 Å². The minimum absolute atomic E-state index is 0.137. The fourth-order valence-electron chi connectivity index (χ4n) is 1.93. The van der Waals surface area contributed by atoms with Gasteiger partial charge in [-0.15, -0.1) is 0 Å². The van der Waals surface area contributed by atoms with Crippen LogP contribution in [0.5, 0.6) is 0 Å². The number of phosphoric acid groups is 3. The molecule has 1 heterocycles. The second-order valence-corrected chi connectivity index (χ2v) is 10.0. The molecule has 31 heavy (non-hydrogen) atoms. The van der Waals surface area contributed by atoms with E-state index in [1.807, 2.05) is 0 Å². The van der Waals surface area contributed by atoms with Crippen LogP contribution < -0.4 is 11.4 Å². The summed E-state index contributed by atoms with van der Waals surface area (Å²) in [7, 11) is -17.1. The predicted molar refractivity (Wildman–Crippen MR) is 98.6 cm³/mol. The van der Waals surface area contributed by atoms with Gasteiger partial charge in [0.1, 0.15) is 12.0 Å². The molecule has 20 heteroatoms. The molecule has 0 radical (unpaired) electrons. The molecule has 0 fully saturated rings. The average Bonchev–Trinajstić information content (AvgIpc) is 2.54. The lowest BCUT2D eigenvalue weighted by atomic mass is 10.1. The van der Waals surface area contributed by atoms with Crippen LogP contribution in [0.1, 0.15) is 13.2 Å². The van der Waals surface area contributed by atoms with Gasteiger partial charge in [0.15, 0.2) is 5.60 Å². The van der Waals surface area contributed by atoms with E-state index in [0.29, 0.717) is 6.08 Å². The van der Waals surface area contributed by atoms with Gasteiger partial charge in [-0.05, 0) is 13.0 Å². The number of anilines is 1. The number of alkyl halides is 1. The molecule has 7 N–H and O–H groups in total. The van der Waals surface area contributed by atoms with Crippen LogP contribution in [-0.4, -0.2) is 52.8 Å². The maximum absolute atomic E-state index is 13.9. The highest BCUT2D eigenvalue weighted by molar-refractivity contribution is 7.66. The number of aliphatic hydroxyl groups is 1. The van der Waals surface area contributed by atoms with Crippen LogP contribution in [0.2, 0.25) is 0 Å². The zero-order chi connectivity index (χ0) is 24.3. The van der Waals surface area contributed by atoms with E-state index in [9.17, 15) is 32.9 Å². The molecule has 178 valence electrons. The van der Waals surface area contributed by atoms with Crippen molar-refractivity contribution in [2.24, 2.45) is 0 Å². The van der Waals surface area contributed by atoms with E-state index in [1.54, 1.807) is 0 Å².